The van der Waals surface area contributed by atoms with E-state index in [0.29, 0.717) is 35.2 Å². The minimum atomic E-state index is -2.38. The monoisotopic (exact) mass is 907 g/mol. The van der Waals surface area contributed by atoms with Crippen molar-refractivity contribution < 1.29 is 35.5 Å². The third-order valence-electron chi connectivity index (χ3n) is 10.6. The number of aryl methyl sites for hydroxylation is 2. The first kappa shape index (κ1) is 29.6. The molecule has 3 aromatic heterocycles. The molecule has 0 amide bonds. The Labute approximate surface area is 351 Å². The second-order valence-electron chi connectivity index (χ2n) is 16.6. The molecule has 4 heteroatoms. The average Bonchev–Trinajstić information content (AvgIpc) is 3.55. The van der Waals surface area contributed by atoms with Gasteiger partial charge >= 0.3 is 0 Å². The fraction of sp³-hybridized carbons (Fsp3) is 0.294. The van der Waals surface area contributed by atoms with Gasteiger partial charge in [0.05, 0.1) is 5.58 Å². The van der Waals surface area contributed by atoms with Gasteiger partial charge in [-0.25, -0.2) is 0 Å². The third-order valence-corrected chi connectivity index (χ3v) is 10.6. The maximum absolute atomic E-state index is 9.74. The molecule has 1 aliphatic carbocycles. The Bertz CT molecular complexity index is 2890. The SMILES string of the molecule is [2H]C([2H])([2H])c1c[c-]c(-c2ccc(C([2H])(C)C)cn2)cc1.[2H]C([2H])([2H])c1cnc(-c2[c-]ccc3c2oc2cc4c(ccc5ccccc54)cc23)cc1C1([2H])CC(C)(C)CC(C)(C)C1.[Ir]. The van der Waals surface area contributed by atoms with E-state index >= 15 is 0 Å². The van der Waals surface area contributed by atoms with Crippen LogP contribution < -0.4 is 0 Å². The van der Waals surface area contributed by atoms with Crippen LogP contribution in [0.5, 0.6) is 0 Å². The molecule has 1 saturated carbocycles. The Hall–Kier alpha value is -4.63. The van der Waals surface area contributed by atoms with Crippen molar-refractivity contribution >= 4 is 43.5 Å². The zero-order valence-electron chi connectivity index (χ0n) is 40.1. The largest absolute Gasteiger partial charge is 0.501 e. The van der Waals surface area contributed by atoms with Crippen molar-refractivity contribution in [2.24, 2.45) is 10.8 Å². The van der Waals surface area contributed by atoms with Gasteiger partial charge in [0.25, 0.3) is 0 Å². The molecule has 1 radical (unpaired) electrons. The number of aromatic nitrogens is 2. The van der Waals surface area contributed by atoms with Crippen molar-refractivity contribution in [1.29, 1.82) is 0 Å². The summed E-state index contributed by atoms with van der Waals surface area (Å²) in [5, 5.41) is 6.59. The van der Waals surface area contributed by atoms with E-state index in [9.17, 15) is 1.37 Å². The number of pyridine rings is 2. The quantitative estimate of drug-likeness (QED) is 0.130. The van der Waals surface area contributed by atoms with Crippen LogP contribution in [0.15, 0.2) is 114 Å². The topological polar surface area (TPSA) is 38.9 Å². The first-order valence-electron chi connectivity index (χ1n) is 22.6. The van der Waals surface area contributed by atoms with E-state index in [-0.39, 0.29) is 42.1 Å². The van der Waals surface area contributed by atoms with Crippen molar-refractivity contribution in [2.45, 2.75) is 86.3 Å². The van der Waals surface area contributed by atoms with Crippen LogP contribution in [0, 0.1) is 36.7 Å². The van der Waals surface area contributed by atoms with Crippen LogP contribution in [0.4, 0.5) is 0 Å². The molecule has 55 heavy (non-hydrogen) atoms. The number of fused-ring (bicyclic) bond motifs is 6. The maximum atomic E-state index is 9.74. The van der Waals surface area contributed by atoms with Gasteiger partial charge in [0.1, 0.15) is 5.58 Å². The van der Waals surface area contributed by atoms with Crippen LogP contribution in [0.3, 0.4) is 0 Å². The van der Waals surface area contributed by atoms with Crippen LogP contribution >= 0.6 is 0 Å². The zero-order chi connectivity index (χ0) is 44.6. The number of hydrogen-bond acceptors (Lipinski definition) is 3. The van der Waals surface area contributed by atoms with Crippen LogP contribution in [-0.4, -0.2) is 9.97 Å². The molecule has 281 valence electrons. The second-order valence-corrected chi connectivity index (χ2v) is 16.6. The first-order valence-corrected chi connectivity index (χ1v) is 18.6. The number of benzene rings is 5. The normalized spacial score (nSPS) is 18.7. The van der Waals surface area contributed by atoms with E-state index in [1.54, 1.807) is 32.2 Å². The summed E-state index contributed by atoms with van der Waals surface area (Å²) in [6, 6.07) is 37.4. The minimum absolute atomic E-state index is 0. The van der Waals surface area contributed by atoms with E-state index < -0.39 is 25.5 Å². The van der Waals surface area contributed by atoms with Crippen LogP contribution in [0.1, 0.15) is 106 Å². The van der Waals surface area contributed by atoms with Gasteiger partial charge in [-0.05, 0) is 110 Å². The van der Waals surface area contributed by atoms with Gasteiger partial charge in [-0.15, -0.1) is 53.6 Å². The molecule has 0 atom stereocenters. The predicted octanol–water partition coefficient (Wildman–Crippen LogP) is 14.4. The summed E-state index contributed by atoms with van der Waals surface area (Å²) in [5.74, 6) is -1.74. The summed E-state index contributed by atoms with van der Waals surface area (Å²) in [4.78, 5) is 8.97. The molecule has 0 aliphatic heterocycles. The summed E-state index contributed by atoms with van der Waals surface area (Å²) in [5.41, 5.74) is 5.74. The van der Waals surface area contributed by atoms with Gasteiger partial charge in [0.15, 0.2) is 0 Å². The number of nitrogens with zero attached hydrogens (tertiary/aromatic N) is 2. The molecule has 0 spiro atoms. The van der Waals surface area contributed by atoms with Crippen LogP contribution in [-0.2, 0) is 20.1 Å². The maximum Gasteiger partial charge on any atom is 0.121 e. The predicted molar refractivity (Wildman–Crippen MR) is 227 cm³/mol. The number of rotatable bonds is 4. The fourth-order valence-corrected chi connectivity index (χ4v) is 8.58. The molecule has 1 fully saturated rings. The smallest absolute Gasteiger partial charge is 0.121 e. The summed E-state index contributed by atoms with van der Waals surface area (Å²) < 4.78 is 71.1. The van der Waals surface area contributed by atoms with Gasteiger partial charge in [0.2, 0.25) is 0 Å². The molecular formula is C51H50IrN2O-2. The van der Waals surface area contributed by atoms with Crippen molar-refractivity contribution in [3.05, 3.63) is 144 Å². The second kappa shape index (κ2) is 15.1. The van der Waals surface area contributed by atoms with Crippen molar-refractivity contribution in [1.82, 2.24) is 9.97 Å². The molecule has 0 bridgehead atoms. The minimum Gasteiger partial charge on any atom is -0.501 e. The Morgan fingerprint density at radius 3 is 2.27 bits per heavy atom. The number of hydrogen-bond donors (Lipinski definition) is 0. The van der Waals surface area contributed by atoms with E-state index in [2.05, 4.69) is 92.3 Å². The standard InChI is InChI=1S/C36H34NO.C15H16N.Ir/c1-22-20-37-32(16-29(22)25-18-35(2,3)21-36(4,5)19-25)28-12-8-11-27-31-15-24-14-13-23-9-6-7-10-26(23)30(24)17-33(31)38-34(27)28;1-11(2)14-8-9-15(16-10-14)13-6-4-12(3)5-7-13;/h6-11,13-17,20,25H,18-19,21H2,1-5H3;4-6,8-11H,1-3H3;/q2*-1;/i1D3,25D;3D3,11D;. The average molecular weight is 907 g/mol. The van der Waals surface area contributed by atoms with Crippen molar-refractivity contribution in [2.75, 3.05) is 0 Å². The molecule has 8 aromatic rings. The molecule has 5 aromatic carbocycles. The van der Waals surface area contributed by atoms with Crippen LogP contribution in [0.25, 0.3) is 66.0 Å². The molecule has 3 heterocycles. The molecule has 9 rings (SSSR count). The zero-order valence-corrected chi connectivity index (χ0v) is 34.5. The van der Waals surface area contributed by atoms with Gasteiger partial charge in [-0.3, -0.25) is 0 Å². The number of furan rings is 1. The Kier molecular flexibility index (Phi) is 8.15. The van der Waals surface area contributed by atoms with Gasteiger partial charge in [-0.1, -0.05) is 114 Å². The van der Waals surface area contributed by atoms with E-state index in [1.165, 1.54) is 23.0 Å². The molecule has 1 aliphatic rings. The summed E-state index contributed by atoms with van der Waals surface area (Å²) >= 11 is 0. The molecule has 0 unspecified atom stereocenters. The molecule has 0 saturated heterocycles. The van der Waals surface area contributed by atoms with Gasteiger partial charge in [0, 0.05) is 48.9 Å². The summed E-state index contributed by atoms with van der Waals surface area (Å²) in [7, 11) is 0. The van der Waals surface area contributed by atoms with E-state index in [1.807, 2.05) is 36.4 Å². The first-order chi connectivity index (χ1) is 28.9. The molecule has 0 N–H and O–H groups in total. The Balaban J connectivity index is 0.000000239. The summed E-state index contributed by atoms with van der Waals surface area (Å²) in [6.45, 7) is 7.87. The van der Waals surface area contributed by atoms with E-state index in [0.717, 1.165) is 50.4 Å². The van der Waals surface area contributed by atoms with Crippen molar-refractivity contribution in [3.8, 4) is 22.5 Å². The Morgan fingerprint density at radius 1 is 0.782 bits per heavy atom. The molecular weight excluding hydrogens is 849 g/mol. The fourth-order valence-electron chi connectivity index (χ4n) is 8.58. The van der Waals surface area contributed by atoms with Crippen LogP contribution in [0.2, 0.25) is 0 Å². The Morgan fingerprint density at radius 2 is 1.56 bits per heavy atom. The van der Waals surface area contributed by atoms with Gasteiger partial charge in [-0.2, -0.15) is 0 Å². The molecule has 3 nitrogen and oxygen atoms in total. The summed E-state index contributed by atoms with van der Waals surface area (Å²) in [6.07, 6.45) is 5.27. The third kappa shape index (κ3) is 7.91. The van der Waals surface area contributed by atoms with Gasteiger partial charge < -0.3 is 14.4 Å². The van der Waals surface area contributed by atoms with Crippen molar-refractivity contribution in [3.63, 3.8) is 0 Å². The van der Waals surface area contributed by atoms with E-state index in [4.69, 9.17) is 14.0 Å².